The highest BCUT2D eigenvalue weighted by molar-refractivity contribution is 5.87. The number of carbonyl (C=O) groups is 3. The van der Waals surface area contributed by atoms with Gasteiger partial charge in [-0.3, -0.25) is 0 Å². The van der Waals surface area contributed by atoms with Gasteiger partial charge in [-0.25, -0.2) is 14.4 Å². The van der Waals surface area contributed by atoms with E-state index in [1.54, 1.807) is 27.7 Å². The molecule has 0 unspecified atom stereocenters. The molecule has 0 heterocycles. The lowest BCUT2D eigenvalue weighted by atomic mass is 9.96. The fraction of sp³-hybridized carbons (Fsp3) is 0.722. The summed E-state index contributed by atoms with van der Waals surface area (Å²) < 4.78 is 68.6. The molecule has 162 valence electrons. The summed E-state index contributed by atoms with van der Waals surface area (Å²) in [6.07, 6.45) is -3.30. The Morgan fingerprint density at radius 3 is 1.71 bits per heavy atom. The molecule has 6 nitrogen and oxygen atoms in total. The third-order valence-corrected chi connectivity index (χ3v) is 3.50. The van der Waals surface area contributed by atoms with E-state index in [9.17, 15) is 31.9 Å². The van der Waals surface area contributed by atoms with E-state index < -0.39 is 55.5 Å². The zero-order valence-electron chi connectivity index (χ0n) is 16.5. The van der Waals surface area contributed by atoms with Gasteiger partial charge in [-0.2, -0.15) is 17.6 Å². The van der Waals surface area contributed by atoms with Crippen LogP contribution in [0.1, 0.15) is 41.0 Å². The molecule has 0 fully saturated rings. The van der Waals surface area contributed by atoms with Crippen LogP contribution in [0.15, 0.2) is 12.2 Å². The van der Waals surface area contributed by atoms with Gasteiger partial charge in [0.25, 0.3) is 0 Å². The third-order valence-electron chi connectivity index (χ3n) is 3.50. The van der Waals surface area contributed by atoms with Gasteiger partial charge in [-0.15, -0.1) is 0 Å². The lowest BCUT2D eigenvalue weighted by Crippen LogP contribution is -2.44. The fourth-order valence-corrected chi connectivity index (χ4v) is 2.17. The second kappa shape index (κ2) is 10.4. The maximum atomic E-state index is 13.9. The number of halogens is 4. The summed E-state index contributed by atoms with van der Waals surface area (Å²) in [5.74, 6) is -15.1. The van der Waals surface area contributed by atoms with Crippen molar-refractivity contribution in [2.24, 2.45) is 11.8 Å². The molecule has 0 rings (SSSR count). The van der Waals surface area contributed by atoms with Crippen molar-refractivity contribution in [3.05, 3.63) is 12.2 Å². The molecule has 0 spiro atoms. The lowest BCUT2D eigenvalue weighted by molar-refractivity contribution is -0.202. The molecule has 0 atom stereocenters. The Hall–Kier alpha value is -2.13. The molecule has 10 heteroatoms. The Morgan fingerprint density at radius 1 is 0.857 bits per heavy atom. The van der Waals surface area contributed by atoms with Crippen molar-refractivity contribution in [3.8, 4) is 0 Å². The minimum Gasteiger partial charge on any atom is -0.459 e. The lowest BCUT2D eigenvalue weighted by Gasteiger charge is -2.28. The molecule has 0 bridgehead atoms. The van der Waals surface area contributed by atoms with Crippen molar-refractivity contribution < 1.29 is 46.2 Å². The number of ether oxygens (including phenoxy) is 3. The van der Waals surface area contributed by atoms with Gasteiger partial charge in [0.1, 0.15) is 19.3 Å². The van der Waals surface area contributed by atoms with Crippen molar-refractivity contribution in [1.29, 1.82) is 0 Å². The molecule has 0 aromatic carbocycles. The summed E-state index contributed by atoms with van der Waals surface area (Å²) in [4.78, 5) is 34.1. The first-order chi connectivity index (χ1) is 12.6. The Kier molecular flexibility index (Phi) is 9.63. The van der Waals surface area contributed by atoms with Crippen molar-refractivity contribution in [2.45, 2.75) is 59.0 Å². The number of esters is 3. The summed E-state index contributed by atoms with van der Waals surface area (Å²) in [6.45, 7) is 9.80. The molecule has 0 N–H and O–H groups in total. The van der Waals surface area contributed by atoms with Gasteiger partial charge in [-0.1, -0.05) is 34.3 Å². The second-order valence-electron chi connectivity index (χ2n) is 7.00. The smallest absolute Gasteiger partial charge is 0.377 e. The van der Waals surface area contributed by atoms with Crippen LogP contribution in [0.3, 0.4) is 0 Å². The minimum absolute atomic E-state index is 0.0379. The number of rotatable bonds is 11. The maximum absolute atomic E-state index is 13.9. The molecule has 28 heavy (non-hydrogen) atoms. The number of carbonyl (C=O) groups excluding carboxylic acids is 3. The largest absolute Gasteiger partial charge is 0.459 e. The molecule has 0 amide bonds. The number of hydrogen-bond donors (Lipinski definition) is 0. The highest BCUT2D eigenvalue weighted by Crippen LogP contribution is 2.33. The van der Waals surface area contributed by atoms with Crippen molar-refractivity contribution in [1.82, 2.24) is 0 Å². The Labute approximate surface area is 161 Å². The van der Waals surface area contributed by atoms with Crippen molar-refractivity contribution in [2.75, 3.05) is 13.2 Å². The first kappa shape index (κ1) is 25.9. The van der Waals surface area contributed by atoms with Gasteiger partial charge >= 0.3 is 29.8 Å². The molecule has 0 radical (unpaired) electrons. The van der Waals surface area contributed by atoms with E-state index in [0.29, 0.717) is 0 Å². The SMILES string of the molecule is C=C(C)C(=O)OCCOC(=O)C(F)(F)CC(F)(F)C(=O)OC(C(C)C)C(C)C. The summed E-state index contributed by atoms with van der Waals surface area (Å²) >= 11 is 0. The summed E-state index contributed by atoms with van der Waals surface area (Å²) in [5.41, 5.74) is 0.0379. The summed E-state index contributed by atoms with van der Waals surface area (Å²) in [7, 11) is 0. The van der Waals surface area contributed by atoms with Gasteiger partial charge in [-0.05, 0) is 18.8 Å². The molecule has 0 saturated heterocycles. The van der Waals surface area contributed by atoms with Crippen LogP contribution in [0, 0.1) is 11.8 Å². The first-order valence-corrected chi connectivity index (χ1v) is 8.58. The predicted octanol–water partition coefficient (Wildman–Crippen LogP) is 3.53. The van der Waals surface area contributed by atoms with Crippen molar-refractivity contribution >= 4 is 17.9 Å². The molecule has 0 aromatic heterocycles. The minimum atomic E-state index is -4.65. The molecule has 0 aliphatic heterocycles. The van der Waals surface area contributed by atoms with E-state index in [1.807, 2.05) is 0 Å². The molecule has 0 aliphatic rings. The monoisotopic (exact) mass is 414 g/mol. The number of alkyl halides is 4. The van der Waals surface area contributed by atoms with E-state index in [1.165, 1.54) is 6.92 Å². The molecule has 0 saturated carbocycles. The number of hydrogen-bond acceptors (Lipinski definition) is 6. The normalized spacial score (nSPS) is 12.3. The molecular weight excluding hydrogens is 388 g/mol. The van der Waals surface area contributed by atoms with Gasteiger partial charge in [0.2, 0.25) is 0 Å². The predicted molar refractivity (Wildman–Crippen MR) is 90.8 cm³/mol. The van der Waals surface area contributed by atoms with Gasteiger partial charge in [0.15, 0.2) is 0 Å². The Morgan fingerprint density at radius 2 is 1.29 bits per heavy atom. The van der Waals surface area contributed by atoms with Gasteiger partial charge in [0.05, 0.1) is 6.42 Å². The van der Waals surface area contributed by atoms with E-state index in [-0.39, 0.29) is 17.4 Å². The van der Waals surface area contributed by atoms with Gasteiger partial charge in [0, 0.05) is 5.57 Å². The maximum Gasteiger partial charge on any atom is 0.377 e. The van der Waals surface area contributed by atoms with Crippen molar-refractivity contribution in [3.63, 3.8) is 0 Å². The van der Waals surface area contributed by atoms with Crippen LogP contribution in [0.2, 0.25) is 0 Å². The molecule has 0 aliphatic carbocycles. The van der Waals surface area contributed by atoms with Crippen LogP contribution in [0.25, 0.3) is 0 Å². The van der Waals surface area contributed by atoms with Crippen LogP contribution in [-0.4, -0.2) is 49.1 Å². The van der Waals surface area contributed by atoms with E-state index >= 15 is 0 Å². The summed E-state index contributed by atoms with van der Waals surface area (Å²) in [5, 5.41) is 0. The molecule has 0 aromatic rings. The van der Waals surface area contributed by atoms with E-state index in [2.05, 4.69) is 20.8 Å². The van der Waals surface area contributed by atoms with Crippen LogP contribution < -0.4 is 0 Å². The first-order valence-electron chi connectivity index (χ1n) is 8.58. The zero-order chi connectivity index (χ0) is 22.3. The average molecular weight is 414 g/mol. The highest BCUT2D eigenvalue weighted by atomic mass is 19.3. The Bertz CT molecular complexity index is 579. The zero-order valence-corrected chi connectivity index (χ0v) is 16.5. The van der Waals surface area contributed by atoms with Crippen LogP contribution in [0.5, 0.6) is 0 Å². The molecular formula is C18H26F4O6. The average Bonchev–Trinajstić information content (AvgIpc) is 2.53. The highest BCUT2D eigenvalue weighted by Gasteiger charge is 2.55. The quantitative estimate of drug-likeness (QED) is 0.169. The Balaban J connectivity index is 4.81. The second-order valence-corrected chi connectivity index (χ2v) is 7.00. The summed E-state index contributed by atoms with van der Waals surface area (Å²) in [6, 6.07) is 0. The fourth-order valence-electron chi connectivity index (χ4n) is 2.17. The van der Waals surface area contributed by atoms with Crippen LogP contribution >= 0.6 is 0 Å². The van der Waals surface area contributed by atoms with E-state index in [0.717, 1.165) is 0 Å². The van der Waals surface area contributed by atoms with Crippen LogP contribution in [-0.2, 0) is 28.6 Å². The third kappa shape index (κ3) is 8.26. The van der Waals surface area contributed by atoms with E-state index in [4.69, 9.17) is 0 Å². The van der Waals surface area contributed by atoms with Gasteiger partial charge < -0.3 is 14.2 Å². The van der Waals surface area contributed by atoms with Crippen LogP contribution in [0.4, 0.5) is 17.6 Å². The standard InChI is InChI=1S/C18H26F4O6/c1-10(2)13(11(3)4)28-16(25)18(21,22)9-17(19,20)15(24)27-8-7-26-14(23)12(5)6/h10-11,13H,5,7-9H2,1-4,6H3. The topological polar surface area (TPSA) is 78.9 Å².